The fourth-order valence-corrected chi connectivity index (χ4v) is 2.82. The molecule has 1 amide bonds. The van der Waals surface area contributed by atoms with Crippen LogP contribution in [0.3, 0.4) is 0 Å². The first-order chi connectivity index (χ1) is 11.3. The monoisotopic (exact) mass is 397 g/mol. The summed E-state index contributed by atoms with van der Waals surface area (Å²) in [6.07, 6.45) is 0.983. The van der Waals surface area contributed by atoms with E-state index in [9.17, 15) is 14.0 Å². The highest BCUT2D eigenvalue weighted by Gasteiger charge is 2.25. The topological polar surface area (TPSA) is 70.8 Å². The third-order valence-corrected chi connectivity index (χ3v) is 4.11. The molecule has 5 nitrogen and oxygen atoms in total. The number of carbonyl (C=O) groups excluding carboxylic acids is 1. The third kappa shape index (κ3) is 4.03. The van der Waals surface area contributed by atoms with Crippen LogP contribution in [0.5, 0.6) is 0 Å². The quantitative estimate of drug-likeness (QED) is 0.804. The lowest BCUT2D eigenvalue weighted by Crippen LogP contribution is -2.31. The maximum Gasteiger partial charge on any atom is 0.311 e. The van der Waals surface area contributed by atoms with Crippen LogP contribution < -0.4 is 0 Å². The number of hydrogen-bond acceptors (Lipinski definition) is 3. The van der Waals surface area contributed by atoms with Gasteiger partial charge in [-0.1, -0.05) is 15.9 Å². The molecule has 1 aromatic carbocycles. The van der Waals surface area contributed by atoms with Crippen LogP contribution >= 0.6 is 15.9 Å². The molecule has 128 valence electrons. The summed E-state index contributed by atoms with van der Waals surface area (Å²) in [5.74, 6) is -1.75. The van der Waals surface area contributed by atoms with E-state index >= 15 is 0 Å². The predicted molar refractivity (Wildman–Crippen MR) is 89.3 cm³/mol. The predicted octanol–water partition coefficient (Wildman–Crippen LogP) is 3.78. The highest BCUT2D eigenvalue weighted by Crippen LogP contribution is 2.22. The normalized spacial score (nSPS) is 10.7. The molecule has 0 aliphatic rings. The Morgan fingerprint density at radius 2 is 2.08 bits per heavy atom. The number of carboxylic acids is 1. The number of aryl methyl sites for hydroxylation is 1. The van der Waals surface area contributed by atoms with Gasteiger partial charge in [-0.2, -0.15) is 0 Å². The minimum atomic E-state index is -1.08. The zero-order valence-electron chi connectivity index (χ0n) is 13.3. The number of carbonyl (C=O) groups is 2. The van der Waals surface area contributed by atoms with Crippen LogP contribution in [0.2, 0.25) is 0 Å². The number of hydrogen-bond donors (Lipinski definition) is 1. The molecule has 1 heterocycles. The Morgan fingerprint density at radius 1 is 1.38 bits per heavy atom. The lowest BCUT2D eigenvalue weighted by atomic mass is 10.1. The van der Waals surface area contributed by atoms with Gasteiger partial charge in [0.1, 0.15) is 18.0 Å². The van der Waals surface area contributed by atoms with Gasteiger partial charge in [0, 0.05) is 28.7 Å². The molecule has 0 aliphatic carbocycles. The van der Waals surface area contributed by atoms with Gasteiger partial charge in [-0.15, -0.1) is 0 Å². The van der Waals surface area contributed by atoms with Crippen molar-refractivity contribution in [3.8, 4) is 0 Å². The maximum atomic E-state index is 13.9. The van der Waals surface area contributed by atoms with Crippen molar-refractivity contribution in [1.29, 1.82) is 0 Å². The number of rotatable bonds is 6. The molecule has 2 rings (SSSR count). The van der Waals surface area contributed by atoms with Crippen LogP contribution in [0.1, 0.15) is 34.2 Å². The van der Waals surface area contributed by atoms with Crippen molar-refractivity contribution in [2.75, 3.05) is 6.54 Å². The summed E-state index contributed by atoms with van der Waals surface area (Å²) >= 11 is 3.28. The van der Waals surface area contributed by atoms with Gasteiger partial charge < -0.3 is 14.4 Å². The number of nitrogens with zero attached hydrogens (tertiary/aromatic N) is 1. The summed E-state index contributed by atoms with van der Waals surface area (Å²) in [7, 11) is 0. The first-order valence-electron chi connectivity index (χ1n) is 7.35. The van der Waals surface area contributed by atoms with Crippen LogP contribution in [-0.4, -0.2) is 28.4 Å². The second-order valence-electron chi connectivity index (χ2n) is 5.34. The fraction of sp³-hybridized carbons (Fsp3) is 0.294. The van der Waals surface area contributed by atoms with E-state index in [-0.39, 0.29) is 30.2 Å². The van der Waals surface area contributed by atoms with Gasteiger partial charge in [0.15, 0.2) is 0 Å². The molecule has 0 saturated carbocycles. The van der Waals surface area contributed by atoms with Crippen LogP contribution in [0.25, 0.3) is 0 Å². The number of amides is 1. The zero-order chi connectivity index (χ0) is 17.9. The molecular weight excluding hydrogens is 381 g/mol. The molecule has 0 unspecified atom stereocenters. The van der Waals surface area contributed by atoms with Gasteiger partial charge in [0.25, 0.3) is 5.91 Å². The molecule has 0 radical (unpaired) electrons. The van der Waals surface area contributed by atoms with Crippen LogP contribution in [0.15, 0.2) is 33.4 Å². The van der Waals surface area contributed by atoms with Gasteiger partial charge in [0.05, 0.1) is 11.8 Å². The van der Waals surface area contributed by atoms with Crippen molar-refractivity contribution in [3.05, 3.63) is 57.2 Å². The Labute approximate surface area is 147 Å². The standard InChI is InChI=1S/C17H17BrFNO4/c1-3-20(8-11-6-12(18)4-5-13(11)19)17(23)16-10(2)9-24-14(16)7-15(21)22/h4-6,9H,3,7-8H2,1-2H3,(H,21,22). The highest BCUT2D eigenvalue weighted by molar-refractivity contribution is 9.10. The molecule has 0 saturated heterocycles. The molecule has 7 heteroatoms. The Morgan fingerprint density at radius 3 is 2.71 bits per heavy atom. The van der Waals surface area contributed by atoms with E-state index < -0.39 is 11.8 Å². The minimum absolute atomic E-state index is 0.0811. The van der Waals surface area contributed by atoms with Gasteiger partial charge >= 0.3 is 5.97 Å². The average Bonchev–Trinajstić information content (AvgIpc) is 2.87. The number of carboxylic acid groups (broad SMARTS) is 1. The van der Waals surface area contributed by atoms with E-state index in [0.29, 0.717) is 22.1 Å². The summed E-state index contributed by atoms with van der Waals surface area (Å²) < 4.78 is 19.9. The molecular formula is C17H17BrFNO4. The van der Waals surface area contributed by atoms with E-state index in [1.54, 1.807) is 26.0 Å². The van der Waals surface area contributed by atoms with Gasteiger partial charge in [0.2, 0.25) is 0 Å². The van der Waals surface area contributed by atoms with Crippen molar-refractivity contribution in [2.45, 2.75) is 26.8 Å². The van der Waals surface area contributed by atoms with E-state index in [4.69, 9.17) is 9.52 Å². The van der Waals surface area contributed by atoms with Crippen LogP contribution in [0.4, 0.5) is 4.39 Å². The van der Waals surface area contributed by atoms with Crippen molar-refractivity contribution in [3.63, 3.8) is 0 Å². The van der Waals surface area contributed by atoms with Gasteiger partial charge in [-0.3, -0.25) is 9.59 Å². The van der Waals surface area contributed by atoms with Gasteiger partial charge in [-0.05, 0) is 32.0 Å². The van der Waals surface area contributed by atoms with Gasteiger partial charge in [-0.25, -0.2) is 4.39 Å². The Balaban J connectivity index is 2.31. The lowest BCUT2D eigenvalue weighted by molar-refractivity contribution is -0.136. The molecule has 24 heavy (non-hydrogen) atoms. The summed E-state index contributed by atoms with van der Waals surface area (Å²) in [6.45, 7) is 3.88. The first kappa shape index (κ1) is 18.2. The van der Waals surface area contributed by atoms with Crippen LogP contribution in [-0.2, 0) is 17.8 Å². The van der Waals surface area contributed by atoms with Crippen LogP contribution in [0, 0.1) is 12.7 Å². The summed E-state index contributed by atoms with van der Waals surface area (Å²) in [5.41, 5.74) is 1.17. The number of aliphatic carboxylic acids is 1. The summed E-state index contributed by atoms with van der Waals surface area (Å²) in [4.78, 5) is 25.2. The number of halogens is 2. The van der Waals surface area contributed by atoms with E-state index in [0.717, 1.165) is 0 Å². The molecule has 0 atom stereocenters. The second kappa shape index (κ2) is 7.61. The zero-order valence-corrected chi connectivity index (χ0v) is 14.9. The van der Waals surface area contributed by atoms with E-state index in [2.05, 4.69) is 15.9 Å². The maximum absolute atomic E-state index is 13.9. The second-order valence-corrected chi connectivity index (χ2v) is 6.26. The number of benzene rings is 1. The smallest absolute Gasteiger partial charge is 0.311 e. The summed E-state index contributed by atoms with van der Waals surface area (Å²) in [6, 6.07) is 4.53. The van der Waals surface area contributed by atoms with Crippen molar-refractivity contribution in [2.24, 2.45) is 0 Å². The minimum Gasteiger partial charge on any atom is -0.481 e. The molecule has 2 aromatic rings. The lowest BCUT2D eigenvalue weighted by Gasteiger charge is -2.22. The Hall–Kier alpha value is -2.15. The van der Waals surface area contributed by atoms with E-state index in [1.807, 2.05) is 0 Å². The number of furan rings is 1. The molecule has 0 bridgehead atoms. The fourth-order valence-electron chi connectivity index (χ4n) is 2.41. The SMILES string of the molecule is CCN(Cc1cc(Br)ccc1F)C(=O)c1c(C)coc1CC(=O)O. The van der Waals surface area contributed by atoms with Crippen molar-refractivity contribution in [1.82, 2.24) is 4.90 Å². The van der Waals surface area contributed by atoms with E-state index in [1.165, 1.54) is 17.2 Å². The van der Waals surface area contributed by atoms with Crippen molar-refractivity contribution < 1.29 is 23.5 Å². The largest absolute Gasteiger partial charge is 0.481 e. The molecule has 0 aliphatic heterocycles. The summed E-state index contributed by atoms with van der Waals surface area (Å²) in [5, 5.41) is 8.94. The molecule has 0 spiro atoms. The highest BCUT2D eigenvalue weighted by atomic mass is 79.9. The Kier molecular flexibility index (Phi) is 5.77. The third-order valence-electron chi connectivity index (χ3n) is 3.61. The average molecular weight is 398 g/mol. The molecule has 0 fully saturated rings. The molecule has 1 N–H and O–H groups in total. The Bertz CT molecular complexity index is 772. The van der Waals surface area contributed by atoms with Crippen molar-refractivity contribution >= 4 is 27.8 Å². The first-order valence-corrected chi connectivity index (χ1v) is 8.14. The molecule has 1 aromatic heterocycles.